The lowest BCUT2D eigenvalue weighted by molar-refractivity contribution is -0.119. The number of carbonyl (C=O) groups excluding carboxylic acids is 2. The molecular weight excluding hydrogens is 436 g/mol. The van der Waals surface area contributed by atoms with Crippen molar-refractivity contribution in [3.8, 4) is 11.3 Å². The molecule has 0 bridgehead atoms. The highest BCUT2D eigenvalue weighted by atomic mass is 32.2. The van der Waals surface area contributed by atoms with Gasteiger partial charge in [-0.3, -0.25) is 4.79 Å². The third-order valence-electron chi connectivity index (χ3n) is 4.02. The number of nitrogens with zero attached hydrogens (tertiary/aromatic N) is 2. The first-order chi connectivity index (χ1) is 14.7. The van der Waals surface area contributed by atoms with E-state index < -0.39 is 33.7 Å². The Labute approximate surface area is 187 Å². The summed E-state index contributed by atoms with van der Waals surface area (Å²) in [5, 5.41) is 2.60. The van der Waals surface area contributed by atoms with Crippen LogP contribution in [0.25, 0.3) is 11.3 Å². The average molecular weight is 465 g/mol. The van der Waals surface area contributed by atoms with E-state index in [1.54, 1.807) is 33.8 Å². The van der Waals surface area contributed by atoms with Gasteiger partial charge in [-0.15, -0.1) is 0 Å². The molecule has 1 atom stereocenters. The second kappa shape index (κ2) is 9.81. The maximum atomic E-state index is 12.6. The Bertz CT molecular complexity index is 1080. The largest absolute Gasteiger partial charge is 0.444 e. The van der Waals surface area contributed by atoms with Gasteiger partial charge in [0, 0.05) is 24.1 Å². The van der Waals surface area contributed by atoms with Crippen molar-refractivity contribution >= 4 is 33.8 Å². The molecule has 1 aromatic carbocycles. The van der Waals surface area contributed by atoms with Crippen LogP contribution in [0.5, 0.6) is 0 Å². The quantitative estimate of drug-likeness (QED) is 0.475. The van der Waals surface area contributed by atoms with Crippen LogP contribution in [0.4, 0.5) is 16.6 Å². The Kier molecular flexibility index (Phi) is 7.62. The summed E-state index contributed by atoms with van der Waals surface area (Å²) in [6.45, 7) is 6.89. The molecule has 0 saturated heterocycles. The summed E-state index contributed by atoms with van der Waals surface area (Å²) in [7, 11) is -4.12. The Balaban J connectivity index is 2.01. The van der Waals surface area contributed by atoms with Crippen molar-refractivity contribution in [2.75, 3.05) is 11.5 Å². The van der Waals surface area contributed by atoms with Gasteiger partial charge in [0.05, 0.1) is 10.6 Å². The standard InChI is InChI=1S/C20H28N6O5S/c1-12(23-19(28)31-20(2,3)4)8-9-17(27)26-32(29,30)14-7-5-6-13(10-14)15-11-16(21)25-18(22)24-15/h5-7,10-12H,8-9H2,1-4H3,(H,23,28)(H,26,27)(H4,21,22,24,25). The molecule has 0 saturated carbocycles. The number of sulfonamides is 1. The lowest BCUT2D eigenvalue weighted by Crippen LogP contribution is -2.38. The van der Waals surface area contributed by atoms with Gasteiger partial charge in [0.25, 0.3) is 10.0 Å². The first-order valence-electron chi connectivity index (χ1n) is 9.81. The Morgan fingerprint density at radius 1 is 1.16 bits per heavy atom. The maximum absolute atomic E-state index is 12.6. The molecule has 0 aliphatic rings. The zero-order chi connectivity index (χ0) is 24.1. The molecule has 2 rings (SSSR count). The third-order valence-corrected chi connectivity index (χ3v) is 5.39. The van der Waals surface area contributed by atoms with Crippen molar-refractivity contribution in [1.82, 2.24) is 20.0 Å². The van der Waals surface area contributed by atoms with Gasteiger partial charge in [0.1, 0.15) is 11.4 Å². The van der Waals surface area contributed by atoms with E-state index in [-0.39, 0.29) is 29.5 Å². The molecule has 1 aromatic heterocycles. The zero-order valence-electron chi connectivity index (χ0n) is 18.4. The second-order valence-corrected chi connectivity index (χ2v) is 9.86. The highest BCUT2D eigenvalue weighted by molar-refractivity contribution is 7.90. The fraction of sp³-hybridized carbons (Fsp3) is 0.400. The summed E-state index contributed by atoms with van der Waals surface area (Å²) >= 11 is 0. The average Bonchev–Trinajstić information content (AvgIpc) is 2.64. The summed E-state index contributed by atoms with van der Waals surface area (Å²) in [5.41, 5.74) is 11.4. The number of amides is 2. The van der Waals surface area contributed by atoms with Crippen molar-refractivity contribution in [2.24, 2.45) is 0 Å². The number of rotatable bonds is 7. The van der Waals surface area contributed by atoms with Crippen molar-refractivity contribution < 1.29 is 22.7 Å². The fourth-order valence-corrected chi connectivity index (χ4v) is 3.70. The summed E-state index contributed by atoms with van der Waals surface area (Å²) in [6.07, 6.45) is -0.504. The number of anilines is 2. The van der Waals surface area contributed by atoms with Gasteiger partial charge in [0.15, 0.2) is 0 Å². The van der Waals surface area contributed by atoms with Crippen molar-refractivity contribution in [3.63, 3.8) is 0 Å². The van der Waals surface area contributed by atoms with E-state index in [1.807, 2.05) is 4.72 Å². The third kappa shape index (κ3) is 7.69. The van der Waals surface area contributed by atoms with Crippen molar-refractivity contribution in [2.45, 2.75) is 57.1 Å². The highest BCUT2D eigenvalue weighted by Crippen LogP contribution is 2.22. The first kappa shape index (κ1) is 24.9. The normalized spacial score (nSPS) is 12.6. The molecule has 1 heterocycles. The topological polar surface area (TPSA) is 179 Å². The molecule has 0 aliphatic heterocycles. The van der Waals surface area contributed by atoms with Crippen LogP contribution in [-0.2, 0) is 19.6 Å². The van der Waals surface area contributed by atoms with Gasteiger partial charge < -0.3 is 21.5 Å². The van der Waals surface area contributed by atoms with E-state index in [2.05, 4.69) is 15.3 Å². The minimum absolute atomic E-state index is 0.0457. The lowest BCUT2D eigenvalue weighted by Gasteiger charge is -2.21. The van der Waals surface area contributed by atoms with Crippen LogP contribution in [0.2, 0.25) is 0 Å². The van der Waals surface area contributed by atoms with Gasteiger partial charge in [-0.2, -0.15) is 4.98 Å². The van der Waals surface area contributed by atoms with Gasteiger partial charge in [-0.1, -0.05) is 12.1 Å². The van der Waals surface area contributed by atoms with Crippen LogP contribution in [-0.4, -0.2) is 42.0 Å². The first-order valence-corrected chi connectivity index (χ1v) is 11.3. The number of ether oxygens (including phenoxy) is 1. The Morgan fingerprint density at radius 2 is 1.84 bits per heavy atom. The molecule has 0 radical (unpaired) electrons. The number of nitrogens with two attached hydrogens (primary N) is 2. The summed E-state index contributed by atoms with van der Waals surface area (Å²) in [6, 6.07) is 6.90. The molecule has 32 heavy (non-hydrogen) atoms. The van der Waals surface area contributed by atoms with E-state index in [4.69, 9.17) is 16.2 Å². The molecule has 0 spiro atoms. The molecule has 2 aromatic rings. The van der Waals surface area contributed by atoms with Crippen LogP contribution >= 0.6 is 0 Å². The van der Waals surface area contributed by atoms with E-state index in [0.29, 0.717) is 11.3 Å². The molecule has 6 N–H and O–H groups in total. The van der Waals surface area contributed by atoms with Crippen LogP contribution in [0.3, 0.4) is 0 Å². The number of benzene rings is 1. The number of carbonyl (C=O) groups is 2. The molecule has 11 nitrogen and oxygen atoms in total. The molecule has 1 unspecified atom stereocenters. The summed E-state index contributed by atoms with van der Waals surface area (Å²) < 4.78 is 32.4. The predicted molar refractivity (Wildman–Crippen MR) is 120 cm³/mol. The van der Waals surface area contributed by atoms with Gasteiger partial charge >= 0.3 is 6.09 Å². The number of nitrogens with one attached hydrogen (secondary N) is 2. The molecule has 174 valence electrons. The second-order valence-electron chi connectivity index (χ2n) is 8.18. The Hall–Kier alpha value is -3.41. The van der Waals surface area contributed by atoms with Crippen LogP contribution in [0.1, 0.15) is 40.5 Å². The number of aromatic nitrogens is 2. The maximum Gasteiger partial charge on any atom is 0.407 e. The minimum Gasteiger partial charge on any atom is -0.444 e. The van der Waals surface area contributed by atoms with Crippen molar-refractivity contribution in [3.05, 3.63) is 30.3 Å². The van der Waals surface area contributed by atoms with Crippen LogP contribution < -0.4 is 21.5 Å². The van der Waals surface area contributed by atoms with Gasteiger partial charge in [0.2, 0.25) is 11.9 Å². The van der Waals surface area contributed by atoms with E-state index in [9.17, 15) is 18.0 Å². The van der Waals surface area contributed by atoms with Crippen LogP contribution in [0.15, 0.2) is 35.2 Å². The molecule has 2 amide bonds. The molecule has 0 aliphatic carbocycles. The molecule has 12 heteroatoms. The minimum atomic E-state index is -4.12. The van der Waals surface area contributed by atoms with E-state index >= 15 is 0 Å². The van der Waals surface area contributed by atoms with Gasteiger partial charge in [-0.05, 0) is 46.2 Å². The zero-order valence-corrected chi connectivity index (χ0v) is 19.2. The number of hydrogen-bond donors (Lipinski definition) is 4. The smallest absolute Gasteiger partial charge is 0.407 e. The number of alkyl carbamates (subject to hydrolysis) is 1. The molecule has 0 fully saturated rings. The van der Waals surface area contributed by atoms with Crippen molar-refractivity contribution in [1.29, 1.82) is 0 Å². The van der Waals surface area contributed by atoms with E-state index in [1.165, 1.54) is 24.3 Å². The Morgan fingerprint density at radius 3 is 2.47 bits per heavy atom. The SMILES string of the molecule is CC(CCC(=O)NS(=O)(=O)c1cccc(-c2cc(N)nc(N)n2)c1)NC(=O)OC(C)(C)C. The summed E-state index contributed by atoms with van der Waals surface area (Å²) in [5.74, 6) is -0.609. The van der Waals surface area contributed by atoms with Gasteiger partial charge in [-0.25, -0.2) is 22.9 Å². The molecular formula is C20H28N6O5S. The highest BCUT2D eigenvalue weighted by Gasteiger charge is 2.21. The fourth-order valence-electron chi connectivity index (χ4n) is 2.64. The number of nitrogen functional groups attached to an aromatic ring is 2. The van der Waals surface area contributed by atoms with E-state index in [0.717, 1.165) is 0 Å². The summed E-state index contributed by atoms with van der Waals surface area (Å²) in [4.78, 5) is 31.7. The van der Waals surface area contributed by atoms with Crippen LogP contribution in [0, 0.1) is 0 Å². The monoisotopic (exact) mass is 464 g/mol. The number of hydrogen-bond acceptors (Lipinski definition) is 9. The lowest BCUT2D eigenvalue weighted by atomic mass is 10.1. The predicted octanol–water partition coefficient (Wildman–Crippen LogP) is 1.81.